The van der Waals surface area contributed by atoms with E-state index in [9.17, 15) is 9.59 Å². The van der Waals surface area contributed by atoms with Gasteiger partial charge in [0.25, 0.3) is 5.91 Å². The highest BCUT2D eigenvalue weighted by molar-refractivity contribution is 5.94. The zero-order chi connectivity index (χ0) is 11.3. The molecule has 1 aromatic heterocycles. The molecule has 0 saturated carbocycles. The van der Waals surface area contributed by atoms with E-state index >= 15 is 0 Å². The van der Waals surface area contributed by atoms with E-state index in [1.165, 1.54) is 12.3 Å². The second-order valence-corrected chi connectivity index (χ2v) is 2.81. The van der Waals surface area contributed by atoms with Crippen LogP contribution in [0, 0.1) is 0 Å². The van der Waals surface area contributed by atoms with Crippen molar-refractivity contribution in [2.24, 2.45) is 5.73 Å². The van der Waals surface area contributed by atoms with E-state index in [2.05, 4.69) is 10.3 Å². The number of carboxylic acid groups (broad SMARTS) is 1. The summed E-state index contributed by atoms with van der Waals surface area (Å²) in [5, 5.41) is 10.9. The average molecular weight is 209 g/mol. The third-order valence-electron chi connectivity index (χ3n) is 1.74. The lowest BCUT2D eigenvalue weighted by Crippen LogP contribution is -2.45. The van der Waals surface area contributed by atoms with Crippen LogP contribution in [-0.4, -0.2) is 34.6 Å². The van der Waals surface area contributed by atoms with Crippen LogP contribution >= 0.6 is 0 Å². The zero-order valence-corrected chi connectivity index (χ0v) is 7.88. The van der Waals surface area contributed by atoms with Gasteiger partial charge in [-0.15, -0.1) is 0 Å². The number of pyridine rings is 1. The lowest BCUT2D eigenvalue weighted by molar-refractivity contribution is -0.138. The molecule has 1 unspecified atom stereocenters. The van der Waals surface area contributed by atoms with E-state index in [1.807, 2.05) is 0 Å². The van der Waals surface area contributed by atoms with Crippen LogP contribution in [0.15, 0.2) is 24.4 Å². The fourth-order valence-corrected chi connectivity index (χ4v) is 0.951. The maximum atomic E-state index is 11.4. The molecule has 1 amide bonds. The number of hydrogen-bond acceptors (Lipinski definition) is 4. The molecule has 1 heterocycles. The van der Waals surface area contributed by atoms with Gasteiger partial charge in [0.05, 0.1) is 0 Å². The van der Waals surface area contributed by atoms with Gasteiger partial charge in [0, 0.05) is 12.7 Å². The van der Waals surface area contributed by atoms with Gasteiger partial charge in [-0.3, -0.25) is 9.78 Å². The fraction of sp³-hybridized carbons (Fsp3) is 0.222. The molecule has 0 aromatic carbocycles. The molecule has 0 aliphatic carbocycles. The van der Waals surface area contributed by atoms with Gasteiger partial charge < -0.3 is 16.2 Å². The summed E-state index contributed by atoms with van der Waals surface area (Å²) in [7, 11) is 0. The largest absolute Gasteiger partial charge is 0.480 e. The number of rotatable bonds is 4. The minimum absolute atomic E-state index is 0.159. The van der Waals surface area contributed by atoms with Gasteiger partial charge in [-0.05, 0) is 12.1 Å². The summed E-state index contributed by atoms with van der Waals surface area (Å²) in [5.41, 5.74) is 5.35. The first-order chi connectivity index (χ1) is 7.15. The summed E-state index contributed by atoms with van der Waals surface area (Å²) in [6.07, 6.45) is 1.45. The van der Waals surface area contributed by atoms with E-state index in [1.54, 1.807) is 12.1 Å². The summed E-state index contributed by atoms with van der Waals surface area (Å²) in [6, 6.07) is 3.71. The molecule has 0 radical (unpaired) electrons. The number of amides is 1. The summed E-state index contributed by atoms with van der Waals surface area (Å²) >= 11 is 0. The van der Waals surface area contributed by atoms with Crippen LogP contribution in [0.3, 0.4) is 0 Å². The Hall–Kier alpha value is -1.95. The molecule has 1 aromatic rings. The van der Waals surface area contributed by atoms with E-state index in [0.29, 0.717) is 0 Å². The molecule has 0 spiro atoms. The number of nitrogens with two attached hydrogens (primary N) is 1. The van der Waals surface area contributed by atoms with Crippen molar-refractivity contribution in [3.8, 4) is 0 Å². The van der Waals surface area contributed by atoms with Crippen molar-refractivity contribution in [1.82, 2.24) is 10.3 Å². The van der Waals surface area contributed by atoms with Crippen LogP contribution in [0.5, 0.6) is 0 Å². The number of aliphatic carboxylic acids is 1. The molecule has 6 nitrogen and oxygen atoms in total. The fourth-order valence-electron chi connectivity index (χ4n) is 0.951. The second kappa shape index (κ2) is 5.06. The number of aromatic nitrogens is 1. The Morgan fingerprint density at radius 1 is 1.53 bits per heavy atom. The van der Waals surface area contributed by atoms with Crippen molar-refractivity contribution in [1.29, 1.82) is 0 Å². The molecule has 80 valence electrons. The Morgan fingerprint density at radius 2 is 2.27 bits per heavy atom. The summed E-state index contributed by atoms with van der Waals surface area (Å²) in [6.45, 7) is -0.159. The van der Waals surface area contributed by atoms with Gasteiger partial charge in [0.2, 0.25) is 0 Å². The first kappa shape index (κ1) is 11.1. The molecule has 6 heteroatoms. The second-order valence-electron chi connectivity index (χ2n) is 2.81. The van der Waals surface area contributed by atoms with Crippen molar-refractivity contribution in [2.45, 2.75) is 6.04 Å². The number of hydrogen-bond donors (Lipinski definition) is 3. The molecule has 4 N–H and O–H groups in total. The maximum absolute atomic E-state index is 11.4. The van der Waals surface area contributed by atoms with Crippen molar-refractivity contribution >= 4 is 11.9 Å². The van der Waals surface area contributed by atoms with E-state index in [4.69, 9.17) is 10.8 Å². The van der Waals surface area contributed by atoms with Crippen molar-refractivity contribution in [3.63, 3.8) is 0 Å². The lowest BCUT2D eigenvalue weighted by Gasteiger charge is -2.11. The van der Waals surface area contributed by atoms with Gasteiger partial charge >= 0.3 is 5.97 Å². The minimum atomic E-state index is -1.17. The Labute approximate surface area is 86.1 Å². The highest BCUT2D eigenvalue weighted by atomic mass is 16.4. The quantitative estimate of drug-likeness (QED) is 0.603. The van der Waals surface area contributed by atoms with Crippen molar-refractivity contribution < 1.29 is 14.7 Å². The normalized spacial score (nSPS) is 11.8. The Balaban J connectivity index is 2.67. The molecule has 0 aliphatic heterocycles. The van der Waals surface area contributed by atoms with Crippen LogP contribution < -0.4 is 11.1 Å². The van der Waals surface area contributed by atoms with Crippen LogP contribution in [0.4, 0.5) is 0 Å². The number of nitrogens with one attached hydrogen (secondary N) is 1. The summed E-state index contributed by atoms with van der Waals surface area (Å²) < 4.78 is 0. The third kappa shape index (κ3) is 3.03. The summed E-state index contributed by atoms with van der Waals surface area (Å²) in [5.74, 6) is -1.71. The predicted molar refractivity (Wildman–Crippen MR) is 52.2 cm³/mol. The molecular formula is C9H11N3O3. The summed E-state index contributed by atoms with van der Waals surface area (Å²) in [4.78, 5) is 25.8. The van der Waals surface area contributed by atoms with Gasteiger partial charge in [-0.2, -0.15) is 0 Å². The number of carbonyl (C=O) groups is 2. The van der Waals surface area contributed by atoms with Crippen molar-refractivity contribution in [3.05, 3.63) is 30.1 Å². The van der Waals surface area contributed by atoms with Crippen LogP contribution in [0.25, 0.3) is 0 Å². The van der Waals surface area contributed by atoms with Gasteiger partial charge in [-0.25, -0.2) is 4.79 Å². The highest BCUT2D eigenvalue weighted by Gasteiger charge is 2.18. The molecule has 15 heavy (non-hydrogen) atoms. The smallest absolute Gasteiger partial charge is 0.327 e. The maximum Gasteiger partial charge on any atom is 0.327 e. The van der Waals surface area contributed by atoms with Gasteiger partial charge in [0.15, 0.2) is 0 Å². The zero-order valence-electron chi connectivity index (χ0n) is 7.88. The molecule has 0 bridgehead atoms. The Kier molecular flexibility index (Phi) is 3.75. The minimum Gasteiger partial charge on any atom is -0.480 e. The van der Waals surface area contributed by atoms with Gasteiger partial charge in [-0.1, -0.05) is 6.07 Å². The average Bonchev–Trinajstić information content (AvgIpc) is 2.26. The van der Waals surface area contributed by atoms with E-state index in [0.717, 1.165) is 0 Å². The van der Waals surface area contributed by atoms with Gasteiger partial charge in [0.1, 0.15) is 11.7 Å². The first-order valence-corrected chi connectivity index (χ1v) is 4.30. The number of carboxylic acids is 1. The van der Waals surface area contributed by atoms with Crippen LogP contribution in [-0.2, 0) is 4.79 Å². The number of nitrogens with zero attached hydrogens (tertiary/aromatic N) is 1. The third-order valence-corrected chi connectivity index (χ3v) is 1.74. The van der Waals surface area contributed by atoms with Crippen LogP contribution in [0.1, 0.15) is 10.5 Å². The molecule has 1 rings (SSSR count). The topological polar surface area (TPSA) is 105 Å². The predicted octanol–water partition coefficient (Wildman–Crippen LogP) is -0.777. The number of carbonyl (C=O) groups excluding carboxylic acids is 1. The van der Waals surface area contributed by atoms with Crippen LogP contribution in [0.2, 0.25) is 0 Å². The monoisotopic (exact) mass is 209 g/mol. The van der Waals surface area contributed by atoms with E-state index in [-0.39, 0.29) is 12.2 Å². The molecule has 0 saturated heterocycles. The van der Waals surface area contributed by atoms with E-state index < -0.39 is 17.9 Å². The lowest BCUT2D eigenvalue weighted by atomic mass is 10.2. The SMILES string of the molecule is NCC(NC(=O)c1ccccn1)C(=O)O. The molecule has 0 aliphatic rings. The molecular weight excluding hydrogens is 198 g/mol. The standard InChI is InChI=1S/C9H11N3O3/c10-5-7(9(14)15)12-8(13)6-3-1-2-4-11-6/h1-4,7H,5,10H2,(H,12,13)(H,14,15). The molecule has 1 atom stereocenters. The molecule has 0 fully saturated rings. The van der Waals surface area contributed by atoms with Crippen molar-refractivity contribution in [2.75, 3.05) is 6.54 Å². The Bertz CT molecular complexity index is 353. The Morgan fingerprint density at radius 3 is 2.73 bits per heavy atom. The first-order valence-electron chi connectivity index (χ1n) is 4.30. The highest BCUT2D eigenvalue weighted by Crippen LogP contribution is 1.94.